The molecule has 33 heavy (non-hydrogen) atoms. The number of benzene rings is 2. The van der Waals surface area contributed by atoms with Crippen molar-refractivity contribution in [2.24, 2.45) is 0 Å². The molecule has 1 aliphatic heterocycles. The first-order valence-electron chi connectivity index (χ1n) is 11.6. The molecule has 7 heteroatoms. The van der Waals surface area contributed by atoms with Crippen LogP contribution in [0.5, 0.6) is 0 Å². The zero-order chi connectivity index (χ0) is 23.6. The predicted octanol–water partition coefficient (Wildman–Crippen LogP) is 3.77. The molecule has 0 saturated carbocycles. The van der Waals surface area contributed by atoms with Crippen molar-refractivity contribution in [3.63, 3.8) is 0 Å². The summed E-state index contributed by atoms with van der Waals surface area (Å²) in [5.74, 6) is -0.0117. The predicted molar refractivity (Wildman–Crippen MR) is 131 cm³/mol. The molecule has 2 aromatic carbocycles. The van der Waals surface area contributed by atoms with Crippen LogP contribution >= 0.6 is 0 Å². The molecule has 3 rings (SSSR count). The maximum atomic E-state index is 12.7. The average Bonchev–Trinajstić information content (AvgIpc) is 3.11. The molecular formula is C26H34N4O3. The van der Waals surface area contributed by atoms with Gasteiger partial charge in [0, 0.05) is 50.5 Å². The Kier molecular flexibility index (Phi) is 8.87. The normalized spacial score (nSPS) is 13.7. The highest BCUT2D eigenvalue weighted by molar-refractivity contribution is 5.95. The molecule has 1 aliphatic rings. The number of nitrogens with zero attached hydrogens (tertiary/aromatic N) is 2. The Hall–Kier alpha value is -3.35. The number of amides is 3. The minimum atomic E-state index is -0.166. The van der Waals surface area contributed by atoms with E-state index in [9.17, 15) is 14.4 Å². The smallest absolute Gasteiger partial charge is 0.253 e. The van der Waals surface area contributed by atoms with Gasteiger partial charge in [0.05, 0.1) is 6.54 Å². The summed E-state index contributed by atoms with van der Waals surface area (Å²) in [7, 11) is 3.49. The second kappa shape index (κ2) is 12.0. The van der Waals surface area contributed by atoms with Crippen molar-refractivity contribution in [1.82, 2.24) is 9.80 Å². The monoisotopic (exact) mass is 450 g/mol. The molecule has 0 aromatic heterocycles. The van der Waals surface area contributed by atoms with E-state index in [1.54, 1.807) is 19.0 Å². The topological polar surface area (TPSA) is 81.8 Å². The van der Waals surface area contributed by atoms with E-state index in [4.69, 9.17) is 0 Å². The fourth-order valence-corrected chi connectivity index (χ4v) is 3.85. The van der Waals surface area contributed by atoms with E-state index in [-0.39, 0.29) is 24.3 Å². The van der Waals surface area contributed by atoms with Gasteiger partial charge in [-0.15, -0.1) is 0 Å². The van der Waals surface area contributed by atoms with Gasteiger partial charge in [-0.2, -0.15) is 0 Å². The Morgan fingerprint density at radius 3 is 2.27 bits per heavy atom. The molecular weight excluding hydrogens is 416 g/mol. The Morgan fingerprint density at radius 1 is 0.909 bits per heavy atom. The maximum Gasteiger partial charge on any atom is 0.253 e. The summed E-state index contributed by atoms with van der Waals surface area (Å²) in [6, 6.07) is 14.8. The number of hydrogen-bond donors (Lipinski definition) is 2. The number of rotatable bonds is 8. The van der Waals surface area contributed by atoms with Crippen molar-refractivity contribution in [3.05, 3.63) is 59.7 Å². The van der Waals surface area contributed by atoms with Crippen molar-refractivity contribution >= 4 is 29.1 Å². The summed E-state index contributed by atoms with van der Waals surface area (Å²) >= 11 is 0. The lowest BCUT2D eigenvalue weighted by molar-refractivity contribution is -0.128. The molecule has 0 bridgehead atoms. The summed E-state index contributed by atoms with van der Waals surface area (Å²) in [5.41, 5.74) is 3.17. The number of carbonyl (C=O) groups excluding carboxylic acids is 3. The van der Waals surface area contributed by atoms with E-state index in [0.29, 0.717) is 24.1 Å². The van der Waals surface area contributed by atoms with Crippen molar-refractivity contribution in [2.75, 3.05) is 44.4 Å². The standard InChI is InChI=1S/C26H34N4O3/c1-29(2)25(32)15-10-20-8-7-9-23(18-20)28-24(31)19-27-22-13-11-21(12-14-22)26(33)30-16-5-3-4-6-17-30/h7-9,11-14,18,27H,3-6,10,15-17,19H2,1-2H3,(H,28,31). The molecule has 0 atom stereocenters. The summed E-state index contributed by atoms with van der Waals surface area (Å²) in [6.45, 7) is 1.76. The lowest BCUT2D eigenvalue weighted by Crippen LogP contribution is -2.31. The summed E-state index contributed by atoms with van der Waals surface area (Å²) in [6.07, 6.45) is 5.57. The van der Waals surface area contributed by atoms with Crippen molar-refractivity contribution in [2.45, 2.75) is 38.5 Å². The van der Waals surface area contributed by atoms with Crippen LogP contribution in [0.3, 0.4) is 0 Å². The molecule has 2 aromatic rings. The van der Waals surface area contributed by atoms with Gasteiger partial charge in [-0.1, -0.05) is 25.0 Å². The largest absolute Gasteiger partial charge is 0.376 e. The van der Waals surface area contributed by atoms with Gasteiger partial charge in [0.15, 0.2) is 0 Å². The van der Waals surface area contributed by atoms with Crippen molar-refractivity contribution < 1.29 is 14.4 Å². The van der Waals surface area contributed by atoms with E-state index in [1.807, 2.05) is 53.4 Å². The Labute approximate surface area is 196 Å². The number of aryl methyl sites for hydroxylation is 1. The lowest BCUT2D eigenvalue weighted by atomic mass is 10.1. The van der Waals surface area contributed by atoms with Gasteiger partial charge in [-0.05, 0) is 61.2 Å². The zero-order valence-corrected chi connectivity index (χ0v) is 19.6. The third-order valence-corrected chi connectivity index (χ3v) is 5.82. The Bertz CT molecular complexity index is 948. The number of nitrogens with one attached hydrogen (secondary N) is 2. The fraction of sp³-hybridized carbons (Fsp3) is 0.423. The third kappa shape index (κ3) is 7.63. The van der Waals surface area contributed by atoms with Gasteiger partial charge in [-0.25, -0.2) is 0 Å². The van der Waals surface area contributed by atoms with Gasteiger partial charge in [0.1, 0.15) is 0 Å². The second-order valence-corrected chi connectivity index (χ2v) is 8.67. The molecule has 1 heterocycles. The molecule has 0 radical (unpaired) electrons. The fourth-order valence-electron chi connectivity index (χ4n) is 3.85. The van der Waals surface area contributed by atoms with Crippen molar-refractivity contribution in [3.8, 4) is 0 Å². The molecule has 2 N–H and O–H groups in total. The van der Waals surface area contributed by atoms with Crippen LogP contribution in [0.2, 0.25) is 0 Å². The molecule has 0 aliphatic carbocycles. The quantitative estimate of drug-likeness (QED) is 0.641. The second-order valence-electron chi connectivity index (χ2n) is 8.67. The number of carbonyl (C=O) groups is 3. The van der Waals surface area contributed by atoms with Crippen LogP contribution in [-0.4, -0.2) is 61.3 Å². The first kappa shape index (κ1) is 24.3. The van der Waals surface area contributed by atoms with E-state index in [1.165, 1.54) is 12.8 Å². The zero-order valence-electron chi connectivity index (χ0n) is 19.6. The molecule has 176 valence electrons. The van der Waals surface area contributed by atoms with Gasteiger partial charge in [-0.3, -0.25) is 14.4 Å². The van der Waals surface area contributed by atoms with Crippen LogP contribution in [-0.2, 0) is 16.0 Å². The highest BCUT2D eigenvalue weighted by Crippen LogP contribution is 2.16. The van der Waals surface area contributed by atoms with Crippen LogP contribution in [0.1, 0.15) is 48.0 Å². The highest BCUT2D eigenvalue weighted by atomic mass is 16.2. The third-order valence-electron chi connectivity index (χ3n) is 5.82. The Balaban J connectivity index is 1.47. The van der Waals surface area contributed by atoms with Crippen LogP contribution < -0.4 is 10.6 Å². The van der Waals surface area contributed by atoms with Gasteiger partial charge in [0.25, 0.3) is 5.91 Å². The van der Waals surface area contributed by atoms with Gasteiger partial charge in [0.2, 0.25) is 11.8 Å². The Morgan fingerprint density at radius 2 is 1.61 bits per heavy atom. The molecule has 0 spiro atoms. The minimum absolute atomic E-state index is 0.0767. The van der Waals surface area contributed by atoms with Gasteiger partial charge >= 0.3 is 0 Å². The molecule has 1 fully saturated rings. The van der Waals surface area contributed by atoms with Crippen LogP contribution in [0.25, 0.3) is 0 Å². The first-order chi connectivity index (χ1) is 15.9. The van der Waals surface area contributed by atoms with E-state index < -0.39 is 0 Å². The first-order valence-corrected chi connectivity index (χ1v) is 11.6. The minimum Gasteiger partial charge on any atom is -0.376 e. The van der Waals surface area contributed by atoms with E-state index >= 15 is 0 Å². The molecule has 7 nitrogen and oxygen atoms in total. The summed E-state index contributed by atoms with van der Waals surface area (Å²) in [4.78, 5) is 40.4. The lowest BCUT2D eigenvalue weighted by Gasteiger charge is -2.20. The average molecular weight is 451 g/mol. The molecule has 0 unspecified atom stereocenters. The van der Waals surface area contributed by atoms with Crippen LogP contribution in [0, 0.1) is 0 Å². The van der Waals surface area contributed by atoms with Crippen LogP contribution in [0.4, 0.5) is 11.4 Å². The molecule has 3 amide bonds. The summed E-state index contributed by atoms with van der Waals surface area (Å²) in [5, 5.41) is 5.98. The molecule has 1 saturated heterocycles. The van der Waals surface area contributed by atoms with Crippen LogP contribution in [0.15, 0.2) is 48.5 Å². The SMILES string of the molecule is CN(C)C(=O)CCc1cccc(NC(=O)CNc2ccc(C(=O)N3CCCCCC3)cc2)c1. The van der Waals surface area contributed by atoms with Gasteiger partial charge < -0.3 is 20.4 Å². The highest BCUT2D eigenvalue weighted by Gasteiger charge is 2.17. The summed E-state index contributed by atoms with van der Waals surface area (Å²) < 4.78 is 0. The van der Waals surface area contributed by atoms with E-state index in [0.717, 1.165) is 37.2 Å². The number of anilines is 2. The number of hydrogen-bond acceptors (Lipinski definition) is 4. The van der Waals surface area contributed by atoms with Crippen molar-refractivity contribution in [1.29, 1.82) is 0 Å². The number of likely N-dealkylation sites (tertiary alicyclic amines) is 1. The maximum absolute atomic E-state index is 12.7. The van der Waals surface area contributed by atoms with E-state index in [2.05, 4.69) is 10.6 Å².